The van der Waals surface area contributed by atoms with Crippen molar-refractivity contribution in [3.63, 3.8) is 0 Å². The first kappa shape index (κ1) is 24.3. The predicted octanol–water partition coefficient (Wildman–Crippen LogP) is 1.29. The Hall–Kier alpha value is -3.31. The molecule has 1 unspecified atom stereocenters. The molecule has 1 aliphatic rings. The fourth-order valence-electron chi connectivity index (χ4n) is 3.59. The van der Waals surface area contributed by atoms with Crippen molar-refractivity contribution in [2.75, 3.05) is 39.8 Å². The van der Waals surface area contributed by atoms with E-state index in [4.69, 9.17) is 14.2 Å². The number of carbonyl (C=O) groups excluding carboxylic acids is 2. The van der Waals surface area contributed by atoms with Gasteiger partial charge in [0, 0.05) is 31.6 Å². The van der Waals surface area contributed by atoms with Gasteiger partial charge in [0.15, 0.2) is 11.5 Å². The van der Waals surface area contributed by atoms with Crippen molar-refractivity contribution in [3.8, 4) is 17.2 Å². The van der Waals surface area contributed by atoms with Crippen LogP contribution in [0.1, 0.15) is 12.0 Å². The SMILES string of the molecule is CNS(=O)(=O)c1ccc(CNC(=O)C2CC(=O)N(c3cc(OC)c(OC)c(OC)c3)C2)cc1. The number of ether oxygens (including phenoxy) is 3. The number of methoxy groups -OCH3 is 3. The second-order valence-electron chi connectivity index (χ2n) is 7.36. The van der Waals surface area contributed by atoms with Gasteiger partial charge in [-0.3, -0.25) is 9.59 Å². The molecule has 11 heteroatoms. The van der Waals surface area contributed by atoms with Gasteiger partial charge in [-0.25, -0.2) is 13.1 Å². The third kappa shape index (κ3) is 5.20. The average Bonchev–Trinajstić information content (AvgIpc) is 3.23. The highest BCUT2D eigenvalue weighted by Crippen LogP contribution is 2.42. The number of carbonyl (C=O) groups is 2. The van der Waals surface area contributed by atoms with Gasteiger partial charge in [0.2, 0.25) is 27.6 Å². The van der Waals surface area contributed by atoms with E-state index in [0.29, 0.717) is 22.9 Å². The number of hydrogen-bond acceptors (Lipinski definition) is 7. The highest BCUT2D eigenvalue weighted by Gasteiger charge is 2.36. The van der Waals surface area contributed by atoms with Crippen molar-refractivity contribution >= 4 is 27.5 Å². The van der Waals surface area contributed by atoms with Crippen LogP contribution in [0, 0.1) is 5.92 Å². The largest absolute Gasteiger partial charge is 0.493 e. The number of nitrogens with zero attached hydrogens (tertiary/aromatic N) is 1. The molecule has 1 heterocycles. The number of hydrogen-bond donors (Lipinski definition) is 2. The van der Waals surface area contributed by atoms with E-state index in [-0.39, 0.29) is 36.2 Å². The maximum Gasteiger partial charge on any atom is 0.240 e. The van der Waals surface area contributed by atoms with Gasteiger partial charge in [-0.15, -0.1) is 0 Å². The lowest BCUT2D eigenvalue weighted by molar-refractivity contribution is -0.126. The molecule has 2 aromatic carbocycles. The van der Waals surface area contributed by atoms with Gasteiger partial charge in [-0.1, -0.05) is 12.1 Å². The summed E-state index contributed by atoms with van der Waals surface area (Å²) in [6.45, 7) is 0.427. The topological polar surface area (TPSA) is 123 Å². The van der Waals surface area contributed by atoms with E-state index in [1.807, 2.05) is 0 Å². The molecule has 1 aliphatic heterocycles. The number of benzene rings is 2. The number of rotatable bonds is 9. The highest BCUT2D eigenvalue weighted by atomic mass is 32.2. The zero-order chi connectivity index (χ0) is 24.2. The number of anilines is 1. The first-order valence-electron chi connectivity index (χ1n) is 10.1. The Morgan fingerprint density at radius 3 is 2.18 bits per heavy atom. The van der Waals surface area contributed by atoms with Gasteiger partial charge in [-0.2, -0.15) is 0 Å². The summed E-state index contributed by atoms with van der Waals surface area (Å²) < 4.78 is 41.9. The lowest BCUT2D eigenvalue weighted by Gasteiger charge is -2.20. The Labute approximate surface area is 192 Å². The average molecular weight is 478 g/mol. The predicted molar refractivity (Wildman–Crippen MR) is 121 cm³/mol. The van der Waals surface area contributed by atoms with Gasteiger partial charge in [0.1, 0.15) is 0 Å². The molecule has 0 radical (unpaired) electrons. The van der Waals surface area contributed by atoms with E-state index < -0.39 is 15.9 Å². The fraction of sp³-hybridized carbons (Fsp3) is 0.364. The zero-order valence-electron chi connectivity index (χ0n) is 18.9. The van der Waals surface area contributed by atoms with Crippen molar-refractivity contribution in [1.82, 2.24) is 10.0 Å². The molecule has 0 spiro atoms. The molecule has 0 aliphatic carbocycles. The van der Waals surface area contributed by atoms with Gasteiger partial charge < -0.3 is 24.4 Å². The molecule has 178 valence electrons. The molecule has 0 saturated carbocycles. The molecule has 1 saturated heterocycles. The summed E-state index contributed by atoms with van der Waals surface area (Å²) in [6.07, 6.45) is 0.0713. The summed E-state index contributed by atoms with van der Waals surface area (Å²) in [5, 5.41) is 2.82. The maximum absolute atomic E-state index is 12.7. The van der Waals surface area contributed by atoms with Crippen molar-refractivity contribution in [2.24, 2.45) is 5.92 Å². The van der Waals surface area contributed by atoms with Crippen LogP contribution < -0.4 is 29.1 Å². The molecule has 33 heavy (non-hydrogen) atoms. The number of nitrogens with one attached hydrogen (secondary N) is 2. The summed E-state index contributed by atoms with van der Waals surface area (Å²) in [7, 11) is 2.30. The normalized spacial score (nSPS) is 15.9. The summed E-state index contributed by atoms with van der Waals surface area (Å²) >= 11 is 0. The molecular weight excluding hydrogens is 450 g/mol. The standard InChI is InChI=1S/C22H27N3O7S/c1-23-33(28,29)17-7-5-14(6-8-17)12-24-22(27)15-9-20(26)25(13-15)16-10-18(30-2)21(32-4)19(11-16)31-3/h5-8,10-11,15,23H,9,12-13H2,1-4H3,(H,24,27). The van der Waals surface area contributed by atoms with Crippen LogP contribution in [-0.4, -0.2) is 55.2 Å². The molecule has 2 N–H and O–H groups in total. The van der Waals surface area contributed by atoms with Crippen LogP contribution in [0.2, 0.25) is 0 Å². The van der Waals surface area contributed by atoms with E-state index in [9.17, 15) is 18.0 Å². The zero-order valence-corrected chi connectivity index (χ0v) is 19.7. The number of amides is 2. The molecule has 0 aromatic heterocycles. The smallest absolute Gasteiger partial charge is 0.240 e. The van der Waals surface area contributed by atoms with Gasteiger partial charge in [0.25, 0.3) is 0 Å². The second kappa shape index (κ2) is 10.1. The number of sulfonamides is 1. The van der Waals surface area contributed by atoms with Crippen LogP contribution in [-0.2, 0) is 26.2 Å². The van der Waals surface area contributed by atoms with Gasteiger partial charge in [-0.05, 0) is 24.7 Å². The summed E-state index contributed by atoms with van der Waals surface area (Å²) in [5.74, 6) is 0.266. The van der Waals surface area contributed by atoms with E-state index in [1.165, 1.54) is 45.4 Å². The Morgan fingerprint density at radius 1 is 1.06 bits per heavy atom. The third-order valence-corrected chi connectivity index (χ3v) is 6.86. The maximum atomic E-state index is 12.7. The fourth-order valence-corrected chi connectivity index (χ4v) is 4.32. The van der Waals surface area contributed by atoms with E-state index in [2.05, 4.69) is 10.0 Å². The van der Waals surface area contributed by atoms with Crippen molar-refractivity contribution < 1.29 is 32.2 Å². The summed E-state index contributed by atoms with van der Waals surface area (Å²) in [4.78, 5) is 27.0. The van der Waals surface area contributed by atoms with Crippen LogP contribution in [0.4, 0.5) is 5.69 Å². The second-order valence-corrected chi connectivity index (χ2v) is 9.24. The molecule has 1 atom stereocenters. The van der Waals surface area contributed by atoms with Gasteiger partial charge in [0.05, 0.1) is 37.8 Å². The van der Waals surface area contributed by atoms with E-state index in [1.54, 1.807) is 24.3 Å². The minimum absolute atomic E-state index is 0.0713. The molecular formula is C22H27N3O7S. The monoisotopic (exact) mass is 477 g/mol. The molecule has 2 amide bonds. The Morgan fingerprint density at radius 2 is 1.67 bits per heavy atom. The summed E-state index contributed by atoms with van der Waals surface area (Å²) in [5.41, 5.74) is 1.29. The third-order valence-electron chi connectivity index (χ3n) is 5.43. The molecule has 3 rings (SSSR count). The van der Waals surface area contributed by atoms with Crippen LogP contribution in [0.15, 0.2) is 41.3 Å². The van der Waals surface area contributed by atoms with E-state index >= 15 is 0 Å². The molecule has 0 bridgehead atoms. The first-order valence-corrected chi connectivity index (χ1v) is 11.6. The van der Waals surface area contributed by atoms with Crippen LogP contribution in [0.3, 0.4) is 0 Å². The lowest BCUT2D eigenvalue weighted by atomic mass is 10.1. The molecule has 10 nitrogen and oxygen atoms in total. The highest BCUT2D eigenvalue weighted by molar-refractivity contribution is 7.89. The van der Waals surface area contributed by atoms with Gasteiger partial charge >= 0.3 is 0 Å². The minimum atomic E-state index is -3.52. The van der Waals surface area contributed by atoms with Crippen LogP contribution >= 0.6 is 0 Å². The minimum Gasteiger partial charge on any atom is -0.493 e. The van der Waals surface area contributed by atoms with Crippen LogP contribution in [0.5, 0.6) is 17.2 Å². The molecule has 1 fully saturated rings. The van der Waals surface area contributed by atoms with Crippen LogP contribution in [0.25, 0.3) is 0 Å². The van der Waals surface area contributed by atoms with Crippen molar-refractivity contribution in [2.45, 2.75) is 17.9 Å². The Balaban J connectivity index is 1.67. The quantitative estimate of drug-likeness (QED) is 0.558. The first-order chi connectivity index (χ1) is 15.7. The molecule has 2 aromatic rings. The van der Waals surface area contributed by atoms with E-state index in [0.717, 1.165) is 5.56 Å². The van der Waals surface area contributed by atoms with Crippen molar-refractivity contribution in [1.29, 1.82) is 0 Å². The Bertz CT molecular complexity index is 1110. The summed E-state index contributed by atoms with van der Waals surface area (Å²) in [6, 6.07) is 9.54. The van der Waals surface area contributed by atoms with Crippen molar-refractivity contribution in [3.05, 3.63) is 42.0 Å². The Kier molecular flexibility index (Phi) is 7.44. The lowest BCUT2D eigenvalue weighted by Crippen LogP contribution is -2.32.